The summed E-state index contributed by atoms with van der Waals surface area (Å²) in [5.74, 6) is 5.04. The second-order valence-corrected chi connectivity index (χ2v) is 40.2. The van der Waals surface area contributed by atoms with E-state index in [4.69, 9.17) is 22.1 Å². The first-order valence-electron chi connectivity index (χ1n) is 47.7. The minimum atomic E-state index is 0. The molecule has 20 rings (SSSR count). The van der Waals surface area contributed by atoms with Gasteiger partial charge in [0.25, 0.3) is 0 Å². The van der Waals surface area contributed by atoms with Gasteiger partial charge in [-0.1, -0.05) is 29.7 Å². The zero-order valence-electron chi connectivity index (χ0n) is 95.9. The molecule has 149 heavy (non-hydrogen) atoms. The SMILES string of the molecule is C.C.C.C.Cc1cccn1C.Cc1ccn(C)c1C.Cc1ccnn1C.Cc1ccoc1C.Cc1ccoc1C.Cc1ccsc1C.Cc1ccsc1C.Cc1cn(C)cc1C.Cc1cn(C)nc1C.Cc1cncn1C.Cc1cnn(C)c1C.Cc1cocc1C.Cc1cocc1C.Cc1cscc1C.Cc1cscc1C.Cc1nccn1C.Cc1nccn1C.Cc1ncn(C)c1C.Cc1ncoc1C.Cc1ncsc1C. The highest BCUT2D eigenvalue weighted by molar-refractivity contribution is 7.10. The van der Waals surface area contributed by atoms with Crippen LogP contribution in [-0.4, -0.2) is 91.2 Å². The van der Waals surface area contributed by atoms with Gasteiger partial charge in [-0.15, -0.1) is 34.0 Å². The van der Waals surface area contributed by atoms with Crippen molar-refractivity contribution in [2.45, 2.75) is 272 Å². The van der Waals surface area contributed by atoms with Gasteiger partial charge in [0.2, 0.25) is 0 Å². The number of nitrogens with zero attached hydrogens (tertiary/aromatic N) is 19. The summed E-state index contributed by atoms with van der Waals surface area (Å²) in [6.07, 6.45) is 38.7. The molecule has 0 radical (unpaired) electrons. The van der Waals surface area contributed by atoms with Crippen molar-refractivity contribution in [2.24, 2.45) is 70.5 Å². The van der Waals surface area contributed by atoms with Gasteiger partial charge in [-0.05, 0) is 418 Å². The van der Waals surface area contributed by atoms with Crippen molar-refractivity contribution in [1.82, 2.24) is 91.2 Å². The van der Waals surface area contributed by atoms with Crippen LogP contribution >= 0.6 is 56.7 Å². The average molecular weight is 2140 g/mol. The highest BCUT2D eigenvalue weighted by Gasteiger charge is 2.01. The summed E-state index contributed by atoms with van der Waals surface area (Å²) >= 11 is 8.83. The van der Waals surface area contributed by atoms with Crippen LogP contribution in [0, 0.1) is 242 Å². The minimum absolute atomic E-state index is 0. The van der Waals surface area contributed by atoms with E-state index in [0.29, 0.717) is 0 Å². The fourth-order valence-corrected chi connectivity index (χ4v) is 13.8. The number of thiophene rings is 4. The number of oxazole rings is 1. The second kappa shape index (κ2) is 77.4. The fraction of sp³-hybridized carbons (Fsp3) is 0.408. The van der Waals surface area contributed by atoms with Crippen molar-refractivity contribution >= 4 is 56.7 Å². The molecule has 0 amide bonds. The van der Waals surface area contributed by atoms with E-state index >= 15 is 0 Å². The van der Waals surface area contributed by atoms with E-state index in [0.717, 1.165) is 51.7 Å². The number of imidazole rings is 4. The zero-order chi connectivity index (χ0) is 110. The Hall–Kier alpha value is -12.9. The van der Waals surface area contributed by atoms with Crippen LogP contribution in [0.2, 0.25) is 0 Å². The molecule has 0 saturated heterocycles. The number of aryl methyl sites for hydroxylation is 42. The molecule has 0 saturated carbocycles. The maximum atomic E-state index is 4.96. The molecule has 822 valence electrons. The number of aromatic nitrogens is 19. The lowest BCUT2D eigenvalue weighted by molar-refractivity contribution is 0.525. The number of hydrogen-bond acceptors (Lipinski definition) is 19. The maximum absolute atomic E-state index is 4.96. The van der Waals surface area contributed by atoms with Gasteiger partial charge in [0.15, 0.2) is 6.39 Å². The van der Waals surface area contributed by atoms with Crippen molar-refractivity contribution in [1.29, 1.82) is 0 Å². The average Bonchev–Trinajstić information content (AvgIpc) is 1.75. The Bertz CT molecular complexity index is 5100. The van der Waals surface area contributed by atoms with E-state index in [2.05, 4.69) is 266 Å². The van der Waals surface area contributed by atoms with Gasteiger partial charge < -0.3 is 54.1 Å². The second-order valence-electron chi connectivity index (χ2n) is 35.4. The van der Waals surface area contributed by atoms with Gasteiger partial charge in [0.05, 0.1) is 84.7 Å². The first-order valence-corrected chi connectivity index (χ1v) is 52.3. The quantitative estimate of drug-likeness (QED) is 0.137. The van der Waals surface area contributed by atoms with E-state index < -0.39 is 0 Å². The molecule has 20 heterocycles. The van der Waals surface area contributed by atoms with Crippen LogP contribution < -0.4 is 0 Å². The van der Waals surface area contributed by atoms with E-state index in [-0.39, 0.29) is 29.7 Å². The van der Waals surface area contributed by atoms with Crippen LogP contribution in [0.1, 0.15) is 225 Å². The zero-order valence-corrected chi connectivity index (χ0v) is 99.9. The molecule has 0 spiro atoms. The Morgan fingerprint density at radius 3 is 0.846 bits per heavy atom. The first-order chi connectivity index (χ1) is 68.1. The van der Waals surface area contributed by atoms with Crippen LogP contribution in [0.15, 0.2) is 239 Å². The molecule has 0 N–H and O–H groups in total. The highest BCUT2D eigenvalue weighted by atomic mass is 32.1. The summed E-state index contributed by atoms with van der Waals surface area (Å²) < 4.78 is 44.2. The molecular weight excluding hydrogens is 1950 g/mol. The Morgan fingerprint density at radius 1 is 0.282 bits per heavy atom. The predicted molar refractivity (Wildman–Crippen MR) is 642 cm³/mol. The number of furan rings is 4. The number of rotatable bonds is 0. The highest BCUT2D eigenvalue weighted by Crippen LogP contribution is 2.17. The Morgan fingerprint density at radius 2 is 0.745 bits per heavy atom. The third-order valence-electron chi connectivity index (χ3n) is 23.6. The summed E-state index contributed by atoms with van der Waals surface area (Å²) in [5.41, 5.74) is 36.2. The van der Waals surface area contributed by atoms with Gasteiger partial charge in [-0.3, -0.25) is 14.0 Å². The van der Waals surface area contributed by atoms with Crippen molar-refractivity contribution in [2.75, 3.05) is 0 Å². The summed E-state index contributed by atoms with van der Waals surface area (Å²) in [5, 5.41) is 25.0. The number of hydrogen-bond donors (Lipinski definition) is 0. The Kier molecular flexibility index (Phi) is 74.0. The Balaban J connectivity index is -0.000000742. The van der Waals surface area contributed by atoms with Crippen molar-refractivity contribution in [3.05, 3.63) is 412 Å². The molecule has 0 aliphatic carbocycles. The smallest absolute Gasteiger partial charge is 0.181 e. The van der Waals surface area contributed by atoms with Crippen LogP contribution in [0.5, 0.6) is 0 Å². The molecule has 0 aliphatic heterocycles. The molecule has 20 aromatic rings. The molecule has 20 aromatic heterocycles. The monoisotopic (exact) mass is 2130 g/mol. The molecule has 0 bridgehead atoms. The van der Waals surface area contributed by atoms with Gasteiger partial charge in [-0.25, -0.2) is 29.9 Å². The first kappa shape index (κ1) is 142. The minimum Gasteiger partial charge on any atom is -0.472 e. The normalized spacial score (nSPS) is 9.30. The third-order valence-corrected chi connectivity index (χ3v) is 28.3. The summed E-state index contributed by atoms with van der Waals surface area (Å²) in [6.45, 7) is 71.8. The summed E-state index contributed by atoms with van der Waals surface area (Å²) in [6, 6.07) is 16.4. The van der Waals surface area contributed by atoms with Gasteiger partial charge >= 0.3 is 0 Å². The third kappa shape index (κ3) is 59.8. The van der Waals surface area contributed by atoms with Crippen molar-refractivity contribution < 1.29 is 22.1 Å². The molecule has 0 aliphatic rings. The van der Waals surface area contributed by atoms with E-state index in [1.807, 2.05) is 287 Å². The van der Waals surface area contributed by atoms with Crippen molar-refractivity contribution in [3.8, 4) is 0 Å². The predicted octanol–water partition coefficient (Wildman–Crippen LogP) is 33.3. The lowest BCUT2D eigenvalue weighted by Crippen LogP contribution is -1.91. The van der Waals surface area contributed by atoms with E-state index in [1.165, 1.54) is 150 Å². The fourth-order valence-electron chi connectivity index (χ4n) is 10.0. The van der Waals surface area contributed by atoms with Gasteiger partial charge in [0, 0.05) is 187 Å². The summed E-state index contributed by atoms with van der Waals surface area (Å²) in [7, 11) is 19.9. The van der Waals surface area contributed by atoms with Crippen LogP contribution in [0.25, 0.3) is 0 Å². The molecule has 0 aromatic carbocycles. The van der Waals surface area contributed by atoms with Gasteiger partial charge in [-0.2, -0.15) is 38.0 Å². The van der Waals surface area contributed by atoms with Crippen LogP contribution in [0.3, 0.4) is 0 Å². The van der Waals surface area contributed by atoms with Crippen molar-refractivity contribution in [3.63, 3.8) is 0 Å². The molecule has 0 fully saturated rings. The topological polar surface area (TPSA) is 231 Å². The molecule has 0 atom stereocenters. The number of thiazole rings is 1. The molecule has 24 nitrogen and oxygen atoms in total. The lowest BCUT2D eigenvalue weighted by Gasteiger charge is -1.93. The Labute approximate surface area is 918 Å². The molecular formula is C120H187N19O5S5. The van der Waals surface area contributed by atoms with E-state index in [9.17, 15) is 0 Å². The van der Waals surface area contributed by atoms with Crippen LogP contribution in [0.4, 0.5) is 0 Å². The standard InChI is InChI=1S/2C7H11N.3C6H10N2.C6H9N.4C6H8O.4C6H8S.4C5H8N2.C5H7NO.C5H7NS.4CH4/c1-6-4-8(3)5-7(6)2;1-6-4-5-8(3)7(6)2;1-5-6(2)8(3)4-7-5;1-5-4-8(3)7-6(5)2;1-5-4-7-8(3)6(5)2;1-6-4-3-5-7(6)2;2*1-5-3-7-4-6(5)2;2*1-5-3-4-7-6(5)2;2*1-5-3-7-4-6(5)2;2*1-5-3-4-7-6(5)2;1-5-3-6-4-7(5)2;2*1-5-6-3-4-7(5)2;1-5-3-4-6-7(5)2;2*1-4-5(2)7-3-6-4;;;;/h2*4-5H,1-3H3;3*4H,1-3H3;3-5H,1-2H3;12*3-4H,1-2H3;2*3H,1-2H3;4*1H4. The summed E-state index contributed by atoms with van der Waals surface area (Å²) in [4.78, 5) is 28.0. The van der Waals surface area contributed by atoms with Crippen LogP contribution in [-0.2, 0) is 70.5 Å². The molecule has 29 heteroatoms. The lowest BCUT2D eigenvalue weighted by atomic mass is 10.2. The van der Waals surface area contributed by atoms with E-state index in [1.54, 1.807) is 119 Å². The van der Waals surface area contributed by atoms with Gasteiger partial charge in [0.1, 0.15) is 28.9 Å². The molecule has 0 unspecified atom stereocenters. The maximum Gasteiger partial charge on any atom is 0.181 e. The largest absolute Gasteiger partial charge is 0.472 e.